The molecule has 1 saturated heterocycles. The van der Waals surface area contributed by atoms with Crippen LogP contribution in [0.2, 0.25) is 0 Å². The number of sulfonamides is 1. The highest BCUT2D eigenvalue weighted by Gasteiger charge is 2.33. The van der Waals surface area contributed by atoms with Gasteiger partial charge in [0.1, 0.15) is 11.3 Å². The van der Waals surface area contributed by atoms with Crippen molar-refractivity contribution in [2.45, 2.75) is 11.3 Å². The first-order valence-corrected chi connectivity index (χ1v) is 8.79. The number of nitrogens with zero attached hydrogens (tertiary/aromatic N) is 1. The van der Waals surface area contributed by atoms with Crippen molar-refractivity contribution in [3.63, 3.8) is 0 Å². The van der Waals surface area contributed by atoms with Gasteiger partial charge in [0.05, 0.1) is 19.1 Å². The van der Waals surface area contributed by atoms with Crippen molar-refractivity contribution < 1.29 is 22.7 Å². The third-order valence-corrected chi connectivity index (χ3v) is 5.82. The largest absolute Gasteiger partial charge is 0.496 e. The zero-order chi connectivity index (χ0) is 17.0. The van der Waals surface area contributed by atoms with Gasteiger partial charge in [-0.3, -0.25) is 0 Å². The van der Waals surface area contributed by atoms with Gasteiger partial charge >= 0.3 is 5.97 Å². The zero-order valence-electron chi connectivity index (χ0n) is 13.5. The molecule has 128 valence electrons. The summed E-state index contributed by atoms with van der Waals surface area (Å²) in [5.41, 5.74) is 0.0991. The summed E-state index contributed by atoms with van der Waals surface area (Å²) in [6.07, 6.45) is 0.820. The predicted octanol–water partition coefficient (Wildman–Crippen LogP) is 0.712. The highest BCUT2D eigenvalue weighted by Crippen LogP contribution is 2.28. The molecule has 1 N–H and O–H groups in total. The number of methoxy groups -OCH3 is 2. The van der Waals surface area contributed by atoms with Crippen LogP contribution in [0.1, 0.15) is 16.8 Å². The topological polar surface area (TPSA) is 84.9 Å². The maximum Gasteiger partial charge on any atom is 0.341 e. The van der Waals surface area contributed by atoms with Crippen molar-refractivity contribution >= 4 is 16.0 Å². The van der Waals surface area contributed by atoms with Crippen LogP contribution in [0.5, 0.6) is 5.75 Å². The summed E-state index contributed by atoms with van der Waals surface area (Å²) in [5, 5.41) is 3.07. The second kappa shape index (κ2) is 7.29. The molecule has 23 heavy (non-hydrogen) atoms. The van der Waals surface area contributed by atoms with Crippen LogP contribution in [0.4, 0.5) is 0 Å². The van der Waals surface area contributed by atoms with Crippen molar-refractivity contribution in [1.29, 1.82) is 0 Å². The second-order valence-electron chi connectivity index (χ2n) is 5.43. The van der Waals surface area contributed by atoms with E-state index in [9.17, 15) is 13.2 Å². The molecule has 1 aromatic rings. The van der Waals surface area contributed by atoms with E-state index in [1.165, 1.54) is 36.7 Å². The lowest BCUT2D eigenvalue weighted by atomic mass is 10.1. The molecule has 1 atom stereocenters. The minimum absolute atomic E-state index is 0.0730. The van der Waals surface area contributed by atoms with E-state index in [-0.39, 0.29) is 16.2 Å². The molecular formula is C15H22N2O5S. The first-order chi connectivity index (χ1) is 10.9. The van der Waals surface area contributed by atoms with Crippen molar-refractivity contribution in [3.8, 4) is 5.75 Å². The molecule has 1 fully saturated rings. The van der Waals surface area contributed by atoms with Gasteiger partial charge in [-0.2, -0.15) is 4.31 Å². The number of nitrogens with one attached hydrogen (secondary N) is 1. The zero-order valence-corrected chi connectivity index (χ0v) is 14.4. The van der Waals surface area contributed by atoms with Crippen molar-refractivity contribution in [1.82, 2.24) is 9.62 Å². The van der Waals surface area contributed by atoms with Gasteiger partial charge < -0.3 is 14.8 Å². The molecule has 1 aromatic carbocycles. The van der Waals surface area contributed by atoms with Gasteiger partial charge in [0, 0.05) is 13.1 Å². The minimum Gasteiger partial charge on any atom is -0.496 e. The number of hydrogen-bond donors (Lipinski definition) is 1. The molecule has 2 rings (SSSR count). The molecule has 1 heterocycles. The van der Waals surface area contributed by atoms with Gasteiger partial charge in [-0.05, 0) is 44.1 Å². The molecule has 0 spiro atoms. The maximum atomic E-state index is 12.8. The number of benzene rings is 1. The molecule has 1 aliphatic heterocycles. The van der Waals surface area contributed by atoms with Crippen molar-refractivity contribution in [2.24, 2.45) is 5.92 Å². The molecule has 0 amide bonds. The van der Waals surface area contributed by atoms with Crippen LogP contribution in [0, 0.1) is 5.92 Å². The Kier molecular flexibility index (Phi) is 5.61. The normalized spacial score (nSPS) is 18.8. The molecule has 7 nitrogen and oxygen atoms in total. The summed E-state index contributed by atoms with van der Waals surface area (Å²) < 4.78 is 36.8. The fourth-order valence-corrected chi connectivity index (χ4v) is 4.29. The monoisotopic (exact) mass is 342 g/mol. The van der Waals surface area contributed by atoms with Crippen LogP contribution in [0.3, 0.4) is 0 Å². The van der Waals surface area contributed by atoms with Crippen LogP contribution < -0.4 is 10.1 Å². The van der Waals surface area contributed by atoms with Crippen LogP contribution in [-0.2, 0) is 14.8 Å². The van der Waals surface area contributed by atoms with E-state index >= 15 is 0 Å². The molecular weight excluding hydrogens is 320 g/mol. The lowest BCUT2D eigenvalue weighted by Gasteiger charge is -2.17. The Morgan fingerprint density at radius 2 is 2.13 bits per heavy atom. The fourth-order valence-electron chi connectivity index (χ4n) is 2.74. The molecule has 0 saturated carbocycles. The predicted molar refractivity (Wildman–Crippen MR) is 85.1 cm³/mol. The second-order valence-corrected chi connectivity index (χ2v) is 7.37. The number of hydrogen-bond acceptors (Lipinski definition) is 6. The van der Waals surface area contributed by atoms with Crippen molar-refractivity contribution in [2.75, 3.05) is 40.9 Å². The summed E-state index contributed by atoms with van der Waals surface area (Å²) in [4.78, 5) is 11.9. The number of esters is 1. The van der Waals surface area contributed by atoms with E-state index in [0.29, 0.717) is 19.0 Å². The van der Waals surface area contributed by atoms with Gasteiger partial charge in [-0.25, -0.2) is 13.2 Å². The van der Waals surface area contributed by atoms with Crippen LogP contribution in [-0.4, -0.2) is 59.6 Å². The summed E-state index contributed by atoms with van der Waals surface area (Å²) in [6.45, 7) is 1.74. The minimum atomic E-state index is -3.64. The maximum absolute atomic E-state index is 12.8. The van der Waals surface area contributed by atoms with E-state index in [0.717, 1.165) is 13.0 Å². The molecule has 1 aliphatic rings. The Bertz CT molecular complexity index is 674. The molecule has 0 aliphatic carbocycles. The fraction of sp³-hybridized carbons (Fsp3) is 0.533. The lowest BCUT2D eigenvalue weighted by molar-refractivity contribution is 0.0597. The van der Waals surface area contributed by atoms with Crippen LogP contribution in [0.25, 0.3) is 0 Å². The summed E-state index contributed by atoms with van der Waals surface area (Å²) >= 11 is 0. The summed E-state index contributed by atoms with van der Waals surface area (Å²) in [7, 11) is 0.871. The average molecular weight is 342 g/mol. The number of rotatable bonds is 6. The molecule has 8 heteroatoms. The van der Waals surface area contributed by atoms with Crippen LogP contribution >= 0.6 is 0 Å². The number of carbonyl (C=O) groups excluding carboxylic acids is 1. The van der Waals surface area contributed by atoms with Crippen LogP contribution in [0.15, 0.2) is 23.1 Å². The Hall–Kier alpha value is -1.64. The summed E-state index contributed by atoms with van der Waals surface area (Å²) in [5.74, 6) is -0.0493. The average Bonchev–Trinajstić information content (AvgIpc) is 3.03. The van der Waals surface area contributed by atoms with Gasteiger partial charge in [-0.15, -0.1) is 0 Å². The summed E-state index contributed by atoms with van der Waals surface area (Å²) in [6, 6.07) is 4.23. The van der Waals surface area contributed by atoms with E-state index < -0.39 is 16.0 Å². The highest BCUT2D eigenvalue weighted by molar-refractivity contribution is 7.89. The van der Waals surface area contributed by atoms with E-state index in [2.05, 4.69) is 10.1 Å². The Morgan fingerprint density at radius 3 is 2.74 bits per heavy atom. The quantitative estimate of drug-likeness (QED) is 0.767. The van der Waals surface area contributed by atoms with E-state index in [1.54, 1.807) is 0 Å². The molecule has 0 aromatic heterocycles. The molecule has 1 unspecified atom stereocenters. The SMILES string of the molecule is CNCC1CCN(S(=O)(=O)c2ccc(OC)c(C(=O)OC)c2)C1. The van der Waals surface area contributed by atoms with Crippen molar-refractivity contribution in [3.05, 3.63) is 23.8 Å². The number of ether oxygens (including phenoxy) is 2. The first-order valence-electron chi connectivity index (χ1n) is 7.35. The third-order valence-electron chi connectivity index (χ3n) is 3.96. The smallest absolute Gasteiger partial charge is 0.341 e. The Balaban J connectivity index is 2.32. The standard InChI is InChI=1S/C15H22N2O5S/c1-16-9-11-6-7-17(10-11)23(19,20)12-4-5-14(21-2)13(8-12)15(18)22-3/h4-5,8,11,16H,6-7,9-10H2,1-3H3. The Labute approximate surface area is 136 Å². The van der Waals surface area contributed by atoms with Gasteiger partial charge in [-0.1, -0.05) is 0 Å². The molecule has 0 radical (unpaired) electrons. The van der Waals surface area contributed by atoms with Gasteiger partial charge in [0.2, 0.25) is 10.0 Å². The Morgan fingerprint density at radius 1 is 1.39 bits per heavy atom. The third kappa shape index (κ3) is 3.65. The van der Waals surface area contributed by atoms with Gasteiger partial charge in [0.25, 0.3) is 0 Å². The van der Waals surface area contributed by atoms with E-state index in [1.807, 2.05) is 7.05 Å². The van der Waals surface area contributed by atoms with E-state index in [4.69, 9.17) is 4.74 Å². The van der Waals surface area contributed by atoms with Gasteiger partial charge in [0.15, 0.2) is 0 Å². The number of carbonyl (C=O) groups is 1. The first kappa shape index (κ1) is 17.7. The lowest BCUT2D eigenvalue weighted by Crippen LogP contribution is -2.30. The molecule has 0 bridgehead atoms. The highest BCUT2D eigenvalue weighted by atomic mass is 32.2.